The van der Waals surface area contributed by atoms with Crippen LogP contribution in [0.25, 0.3) is 27.8 Å². The fourth-order valence-electron chi connectivity index (χ4n) is 6.93. The van der Waals surface area contributed by atoms with Crippen molar-refractivity contribution in [1.29, 1.82) is 0 Å². The Morgan fingerprint density at radius 1 is 0.733 bits per heavy atom. The van der Waals surface area contributed by atoms with Crippen LogP contribution in [0.3, 0.4) is 0 Å². The van der Waals surface area contributed by atoms with Crippen LogP contribution in [0.4, 0.5) is 11.4 Å². The largest absolute Gasteiger partial charge is 0.508 e. The zero-order chi connectivity index (χ0) is 30.6. The predicted molar refractivity (Wildman–Crippen MR) is 188 cm³/mol. The average molecular weight is 580 g/mol. The Morgan fingerprint density at radius 2 is 1.44 bits per heavy atom. The molecule has 7 rings (SSSR count). The van der Waals surface area contributed by atoms with Crippen molar-refractivity contribution in [3.63, 3.8) is 0 Å². The summed E-state index contributed by atoms with van der Waals surface area (Å²) in [5.41, 5.74) is 11.7. The lowest BCUT2D eigenvalue weighted by Crippen LogP contribution is -2.28. The van der Waals surface area contributed by atoms with E-state index in [1.165, 1.54) is 33.4 Å². The van der Waals surface area contributed by atoms with Gasteiger partial charge in [0.15, 0.2) is 0 Å². The first-order chi connectivity index (χ1) is 22.2. The number of para-hydroxylation sites is 1. The summed E-state index contributed by atoms with van der Waals surface area (Å²) >= 11 is 0. The number of phenolic OH excluding ortho intramolecular Hbond substituents is 1. The van der Waals surface area contributed by atoms with Gasteiger partial charge in [-0.25, -0.2) is 0 Å². The molecule has 0 fully saturated rings. The van der Waals surface area contributed by atoms with Crippen LogP contribution in [0, 0.1) is 12.3 Å². The molecule has 1 unspecified atom stereocenters. The van der Waals surface area contributed by atoms with Crippen LogP contribution in [0.2, 0.25) is 0 Å². The summed E-state index contributed by atoms with van der Waals surface area (Å²) in [6.45, 7) is 0. The van der Waals surface area contributed by atoms with E-state index in [4.69, 9.17) is 6.42 Å². The van der Waals surface area contributed by atoms with Gasteiger partial charge in [0.1, 0.15) is 5.75 Å². The van der Waals surface area contributed by atoms with Crippen LogP contribution in [0.5, 0.6) is 5.75 Å². The van der Waals surface area contributed by atoms with Gasteiger partial charge in [0.2, 0.25) is 0 Å². The van der Waals surface area contributed by atoms with Gasteiger partial charge < -0.3 is 10.4 Å². The van der Waals surface area contributed by atoms with Crippen LogP contribution in [0.15, 0.2) is 158 Å². The van der Waals surface area contributed by atoms with Crippen molar-refractivity contribution >= 4 is 16.9 Å². The summed E-state index contributed by atoms with van der Waals surface area (Å²) in [6, 6.07) is 40.0. The van der Waals surface area contributed by atoms with Gasteiger partial charge in [-0.15, -0.1) is 6.42 Å². The molecular weight excluding hydrogens is 546 g/mol. The molecule has 5 aromatic carbocycles. The maximum absolute atomic E-state index is 11.5. The minimum absolute atomic E-state index is 0.276. The van der Waals surface area contributed by atoms with Gasteiger partial charge in [-0.2, -0.15) is 0 Å². The van der Waals surface area contributed by atoms with Crippen LogP contribution in [-0.4, -0.2) is 5.11 Å². The molecule has 0 saturated carbocycles. The number of fused-ring (bicyclic) bond motifs is 3. The first-order valence-corrected chi connectivity index (χ1v) is 15.3. The van der Waals surface area contributed by atoms with Crippen LogP contribution >= 0.6 is 0 Å². The third kappa shape index (κ3) is 4.99. The normalized spacial score (nSPS) is 16.5. The monoisotopic (exact) mass is 579 g/mol. The summed E-state index contributed by atoms with van der Waals surface area (Å²) < 4.78 is 0. The lowest BCUT2D eigenvalue weighted by atomic mass is 9.68. The molecular formula is C43H33NO. The van der Waals surface area contributed by atoms with Crippen LogP contribution in [-0.2, 0) is 5.41 Å². The van der Waals surface area contributed by atoms with Crippen molar-refractivity contribution in [2.75, 3.05) is 5.32 Å². The molecule has 0 heterocycles. The van der Waals surface area contributed by atoms with E-state index in [-0.39, 0.29) is 5.75 Å². The lowest BCUT2D eigenvalue weighted by Gasteiger charge is -2.35. The number of nitrogens with one attached hydrogen (secondary N) is 1. The highest BCUT2D eigenvalue weighted by atomic mass is 16.3. The van der Waals surface area contributed by atoms with Crippen molar-refractivity contribution in [2.45, 2.75) is 18.3 Å². The molecule has 2 aliphatic rings. The molecule has 0 aliphatic heterocycles. The van der Waals surface area contributed by atoms with Gasteiger partial charge in [-0.1, -0.05) is 139 Å². The molecule has 0 bridgehead atoms. The number of anilines is 2. The number of rotatable bonds is 8. The van der Waals surface area contributed by atoms with Gasteiger partial charge in [0.05, 0.1) is 11.1 Å². The molecule has 5 aromatic rings. The van der Waals surface area contributed by atoms with E-state index < -0.39 is 5.41 Å². The van der Waals surface area contributed by atoms with Crippen LogP contribution in [0.1, 0.15) is 35.1 Å². The average Bonchev–Trinajstić information content (AvgIpc) is 3.72. The Hall–Kier alpha value is -5.78. The number of terminal acetylenes is 1. The zero-order valence-electron chi connectivity index (χ0n) is 24.9. The zero-order valence-corrected chi connectivity index (χ0v) is 24.9. The highest BCUT2D eigenvalue weighted by Gasteiger charge is 2.47. The van der Waals surface area contributed by atoms with E-state index in [9.17, 15) is 5.11 Å². The summed E-state index contributed by atoms with van der Waals surface area (Å²) in [5, 5.41) is 15.4. The molecule has 216 valence electrons. The highest BCUT2D eigenvalue weighted by Crippen LogP contribution is 2.60. The Labute approximate surface area is 265 Å². The fourth-order valence-corrected chi connectivity index (χ4v) is 6.93. The molecule has 2 nitrogen and oxygen atoms in total. The second-order valence-corrected chi connectivity index (χ2v) is 11.4. The number of hydrogen-bond donors (Lipinski definition) is 2. The fraction of sp³-hybridized carbons (Fsp3) is 0.0698. The van der Waals surface area contributed by atoms with E-state index in [2.05, 4.69) is 127 Å². The second-order valence-electron chi connectivity index (χ2n) is 11.4. The third-order valence-corrected chi connectivity index (χ3v) is 8.92. The SMILES string of the molecule is C#C/C=C\C=C/CC1(c2ccccc2O)c2ccccc2-c2ccc(C3=CC=CC3)c(Nc3ccc(-c4ccccc4)cc3)c21. The van der Waals surface area contributed by atoms with Crippen molar-refractivity contribution in [3.8, 4) is 40.3 Å². The van der Waals surface area contributed by atoms with Crippen molar-refractivity contribution < 1.29 is 5.11 Å². The molecule has 45 heavy (non-hydrogen) atoms. The molecule has 2 heteroatoms. The third-order valence-electron chi connectivity index (χ3n) is 8.92. The Bertz CT molecular complexity index is 2040. The number of benzene rings is 5. The van der Waals surface area contributed by atoms with E-state index in [1.807, 2.05) is 30.4 Å². The summed E-state index contributed by atoms with van der Waals surface area (Å²) in [4.78, 5) is 0. The van der Waals surface area contributed by atoms with Crippen molar-refractivity contribution in [3.05, 3.63) is 180 Å². The number of aromatic hydroxyl groups is 1. The Balaban J connectivity index is 1.47. The van der Waals surface area contributed by atoms with Gasteiger partial charge >= 0.3 is 0 Å². The molecule has 0 spiro atoms. The Kier molecular flexibility index (Phi) is 7.52. The molecule has 0 radical (unpaired) electrons. The summed E-state index contributed by atoms with van der Waals surface area (Å²) in [6.07, 6.45) is 21.3. The maximum Gasteiger partial charge on any atom is 0.120 e. The minimum Gasteiger partial charge on any atom is -0.508 e. The van der Waals surface area contributed by atoms with Crippen molar-refractivity contribution in [1.82, 2.24) is 0 Å². The van der Waals surface area contributed by atoms with E-state index in [0.29, 0.717) is 6.42 Å². The molecule has 2 aliphatic carbocycles. The second kappa shape index (κ2) is 12.1. The van der Waals surface area contributed by atoms with E-state index in [1.54, 1.807) is 12.1 Å². The molecule has 1 atom stereocenters. The summed E-state index contributed by atoms with van der Waals surface area (Å²) in [7, 11) is 0. The van der Waals surface area contributed by atoms with Gasteiger partial charge in [0, 0.05) is 16.8 Å². The standard InChI is InChI=1S/C43H33NO/c1-2-3-4-5-15-30-43(39-22-13-14-23-40(39)45)38-21-12-11-20-36(38)37-29-28-35(33-18-9-10-19-33)42(41(37)43)44-34-26-24-32(25-27-34)31-16-7-6-8-17-31/h1,3-18,20-29,44-45H,19,30H2/b4-3-,15-5-. The van der Waals surface area contributed by atoms with E-state index >= 15 is 0 Å². The predicted octanol–water partition coefficient (Wildman–Crippen LogP) is 10.6. The first-order valence-electron chi connectivity index (χ1n) is 15.3. The van der Waals surface area contributed by atoms with E-state index in [0.717, 1.165) is 34.5 Å². The quantitative estimate of drug-likeness (QED) is 0.142. The molecule has 0 aromatic heterocycles. The molecule has 0 saturated heterocycles. The number of hydrogen-bond acceptors (Lipinski definition) is 2. The van der Waals surface area contributed by atoms with Gasteiger partial charge in [-0.05, 0) is 76.1 Å². The van der Waals surface area contributed by atoms with Crippen molar-refractivity contribution in [2.24, 2.45) is 0 Å². The molecule has 2 N–H and O–H groups in total. The minimum atomic E-state index is -0.660. The number of allylic oxidation sites excluding steroid dienone is 8. The highest BCUT2D eigenvalue weighted by molar-refractivity contribution is 5.95. The first kappa shape index (κ1) is 28.0. The smallest absolute Gasteiger partial charge is 0.120 e. The topological polar surface area (TPSA) is 32.3 Å². The lowest BCUT2D eigenvalue weighted by molar-refractivity contribution is 0.454. The maximum atomic E-state index is 11.5. The summed E-state index contributed by atoms with van der Waals surface area (Å²) in [5.74, 6) is 2.85. The Morgan fingerprint density at radius 3 is 2.20 bits per heavy atom. The number of phenols is 1. The molecule has 0 amide bonds. The van der Waals surface area contributed by atoms with Gasteiger partial charge in [0.25, 0.3) is 0 Å². The van der Waals surface area contributed by atoms with Gasteiger partial charge in [-0.3, -0.25) is 0 Å². The van der Waals surface area contributed by atoms with Crippen LogP contribution < -0.4 is 5.32 Å².